The molecule has 0 atom stereocenters. The van der Waals surface area contributed by atoms with Crippen molar-refractivity contribution in [2.45, 2.75) is 6.42 Å². The van der Waals surface area contributed by atoms with Crippen LogP contribution in [0.4, 0.5) is 11.4 Å². The highest BCUT2D eigenvalue weighted by Gasteiger charge is 2.18. The van der Waals surface area contributed by atoms with Crippen molar-refractivity contribution >= 4 is 34.2 Å². The Bertz CT molecular complexity index is 1100. The van der Waals surface area contributed by atoms with Gasteiger partial charge in [0.25, 0.3) is 17.5 Å². The van der Waals surface area contributed by atoms with Crippen LogP contribution in [0.3, 0.4) is 0 Å². The normalized spacial score (nSPS) is 11.1. The zero-order chi connectivity index (χ0) is 21.8. The third kappa shape index (κ3) is 4.84. The fourth-order valence-corrected chi connectivity index (χ4v) is 2.99. The molecule has 0 radical (unpaired) electrons. The number of benzene rings is 1. The van der Waals surface area contributed by atoms with Crippen molar-refractivity contribution in [2.75, 3.05) is 32.5 Å². The van der Waals surface area contributed by atoms with Gasteiger partial charge in [-0.2, -0.15) is 0 Å². The molecule has 0 saturated carbocycles. The Morgan fingerprint density at radius 3 is 2.63 bits per heavy atom. The Morgan fingerprint density at radius 2 is 1.97 bits per heavy atom. The minimum atomic E-state index is -0.554. The molecule has 10 heteroatoms. The SMILES string of the molecule is CN(C)CCCNC(=O)c1cc2cc(NC(=O)c3cc([N+](=O)[O-])cn3C)ccc2o1. The standard InChI is InChI=1S/C20H23N5O5/c1-23(2)8-4-7-21-20(27)18-10-13-9-14(5-6-17(13)30-18)22-19(26)16-11-15(25(28)29)12-24(16)3/h5-6,9-12H,4,7-8H2,1-3H3,(H,21,27)(H,22,26). The molecule has 3 aromatic rings. The number of aryl methyl sites for hydroxylation is 1. The summed E-state index contributed by atoms with van der Waals surface area (Å²) in [4.78, 5) is 37.1. The lowest BCUT2D eigenvalue weighted by atomic mass is 10.2. The van der Waals surface area contributed by atoms with Crippen LogP contribution in [0.2, 0.25) is 0 Å². The minimum Gasteiger partial charge on any atom is -0.451 e. The van der Waals surface area contributed by atoms with Crippen molar-refractivity contribution in [1.29, 1.82) is 0 Å². The Labute approximate surface area is 172 Å². The molecule has 0 aliphatic carbocycles. The van der Waals surface area contributed by atoms with E-state index in [2.05, 4.69) is 10.6 Å². The van der Waals surface area contributed by atoms with Crippen LogP contribution in [0.5, 0.6) is 0 Å². The van der Waals surface area contributed by atoms with E-state index in [4.69, 9.17) is 4.42 Å². The van der Waals surface area contributed by atoms with Gasteiger partial charge in [0.05, 0.1) is 11.1 Å². The van der Waals surface area contributed by atoms with E-state index in [0.717, 1.165) is 13.0 Å². The molecular formula is C20H23N5O5. The van der Waals surface area contributed by atoms with Gasteiger partial charge in [-0.15, -0.1) is 0 Å². The molecule has 2 amide bonds. The Hall–Kier alpha value is -3.66. The van der Waals surface area contributed by atoms with Gasteiger partial charge in [0.2, 0.25) is 0 Å². The van der Waals surface area contributed by atoms with E-state index in [0.29, 0.717) is 23.2 Å². The molecule has 2 heterocycles. The van der Waals surface area contributed by atoms with Crippen molar-refractivity contribution in [3.05, 3.63) is 58.1 Å². The van der Waals surface area contributed by atoms with Gasteiger partial charge in [-0.1, -0.05) is 0 Å². The molecular weight excluding hydrogens is 390 g/mol. The van der Waals surface area contributed by atoms with Gasteiger partial charge in [-0.3, -0.25) is 19.7 Å². The molecule has 3 rings (SSSR count). The van der Waals surface area contributed by atoms with Gasteiger partial charge in [0.1, 0.15) is 11.3 Å². The number of nitro groups is 1. The molecule has 0 aliphatic heterocycles. The summed E-state index contributed by atoms with van der Waals surface area (Å²) in [7, 11) is 5.50. The molecule has 1 aromatic carbocycles. The predicted octanol–water partition coefficient (Wildman–Crippen LogP) is 2.61. The summed E-state index contributed by atoms with van der Waals surface area (Å²) in [5, 5.41) is 17.1. The Morgan fingerprint density at radius 1 is 1.20 bits per heavy atom. The highest BCUT2D eigenvalue weighted by molar-refractivity contribution is 6.05. The van der Waals surface area contributed by atoms with Gasteiger partial charge in [0.15, 0.2) is 5.76 Å². The van der Waals surface area contributed by atoms with Crippen molar-refractivity contribution in [1.82, 2.24) is 14.8 Å². The molecule has 0 unspecified atom stereocenters. The van der Waals surface area contributed by atoms with Crippen LogP contribution < -0.4 is 10.6 Å². The van der Waals surface area contributed by atoms with Gasteiger partial charge in [-0.25, -0.2) is 0 Å². The molecule has 0 aliphatic rings. The number of anilines is 1. The van der Waals surface area contributed by atoms with Crippen LogP contribution in [0.25, 0.3) is 11.0 Å². The number of hydrogen-bond acceptors (Lipinski definition) is 6. The van der Waals surface area contributed by atoms with Crippen LogP contribution >= 0.6 is 0 Å². The van der Waals surface area contributed by atoms with Crippen molar-refractivity contribution < 1.29 is 18.9 Å². The van der Waals surface area contributed by atoms with Gasteiger partial charge < -0.3 is 24.5 Å². The van der Waals surface area contributed by atoms with Crippen LogP contribution in [0.1, 0.15) is 27.5 Å². The summed E-state index contributed by atoms with van der Waals surface area (Å²) in [6, 6.07) is 7.79. The first-order valence-corrected chi connectivity index (χ1v) is 9.33. The number of carbonyl (C=O) groups is 2. The number of hydrogen-bond donors (Lipinski definition) is 2. The monoisotopic (exact) mass is 413 g/mol. The van der Waals surface area contributed by atoms with Crippen LogP contribution in [0.15, 0.2) is 40.9 Å². The smallest absolute Gasteiger partial charge is 0.287 e. The molecule has 30 heavy (non-hydrogen) atoms. The highest BCUT2D eigenvalue weighted by Crippen LogP contribution is 2.24. The molecule has 10 nitrogen and oxygen atoms in total. The fraction of sp³-hybridized carbons (Fsp3) is 0.300. The lowest BCUT2D eigenvalue weighted by Crippen LogP contribution is -2.26. The average Bonchev–Trinajstić information content (AvgIpc) is 3.28. The number of amides is 2. The van der Waals surface area contributed by atoms with Crippen molar-refractivity contribution in [3.63, 3.8) is 0 Å². The summed E-state index contributed by atoms with van der Waals surface area (Å²) in [6.07, 6.45) is 2.10. The van der Waals surface area contributed by atoms with E-state index in [1.165, 1.54) is 16.8 Å². The predicted molar refractivity (Wildman–Crippen MR) is 112 cm³/mol. The number of furan rings is 1. The van der Waals surface area contributed by atoms with Crippen LogP contribution in [-0.2, 0) is 7.05 Å². The summed E-state index contributed by atoms with van der Waals surface area (Å²) in [6.45, 7) is 1.41. The zero-order valence-electron chi connectivity index (χ0n) is 17.0. The first-order chi connectivity index (χ1) is 14.2. The van der Waals surface area contributed by atoms with E-state index in [1.807, 2.05) is 19.0 Å². The van der Waals surface area contributed by atoms with Gasteiger partial charge in [0, 0.05) is 30.7 Å². The molecule has 0 saturated heterocycles. The van der Waals surface area contributed by atoms with Crippen molar-refractivity contribution in [3.8, 4) is 0 Å². The summed E-state index contributed by atoms with van der Waals surface area (Å²) in [5.74, 6) is -0.588. The lowest BCUT2D eigenvalue weighted by molar-refractivity contribution is -0.384. The number of nitrogens with one attached hydrogen (secondary N) is 2. The maximum Gasteiger partial charge on any atom is 0.287 e. The molecule has 158 valence electrons. The van der Waals surface area contributed by atoms with E-state index in [-0.39, 0.29) is 23.0 Å². The second-order valence-electron chi connectivity index (χ2n) is 7.18. The second-order valence-corrected chi connectivity index (χ2v) is 7.18. The largest absolute Gasteiger partial charge is 0.451 e. The van der Waals surface area contributed by atoms with Gasteiger partial charge >= 0.3 is 0 Å². The summed E-state index contributed by atoms with van der Waals surface area (Å²) in [5.41, 5.74) is 0.997. The third-order valence-electron chi connectivity index (χ3n) is 4.50. The van der Waals surface area contributed by atoms with Gasteiger partial charge in [-0.05, 0) is 51.3 Å². The fourth-order valence-electron chi connectivity index (χ4n) is 2.99. The number of carbonyl (C=O) groups excluding carboxylic acids is 2. The third-order valence-corrected chi connectivity index (χ3v) is 4.50. The topological polar surface area (TPSA) is 123 Å². The minimum absolute atomic E-state index is 0.158. The number of rotatable bonds is 8. The van der Waals surface area contributed by atoms with E-state index in [9.17, 15) is 19.7 Å². The Kier molecular flexibility index (Phi) is 6.17. The molecule has 0 fully saturated rings. The Balaban J connectivity index is 1.69. The van der Waals surface area contributed by atoms with Crippen LogP contribution in [0, 0.1) is 10.1 Å². The maximum absolute atomic E-state index is 12.5. The van der Waals surface area contributed by atoms with Crippen molar-refractivity contribution in [2.24, 2.45) is 7.05 Å². The summed E-state index contributed by atoms with van der Waals surface area (Å²) < 4.78 is 6.98. The molecule has 0 bridgehead atoms. The molecule has 2 aromatic heterocycles. The maximum atomic E-state index is 12.5. The highest BCUT2D eigenvalue weighted by atomic mass is 16.6. The van der Waals surface area contributed by atoms with Crippen LogP contribution in [-0.4, -0.2) is 53.4 Å². The summed E-state index contributed by atoms with van der Waals surface area (Å²) >= 11 is 0. The van der Waals surface area contributed by atoms with E-state index >= 15 is 0 Å². The first-order valence-electron chi connectivity index (χ1n) is 9.33. The average molecular weight is 413 g/mol. The second kappa shape index (κ2) is 8.78. The van der Waals surface area contributed by atoms with E-state index in [1.54, 1.807) is 31.3 Å². The zero-order valence-corrected chi connectivity index (χ0v) is 17.0. The van der Waals surface area contributed by atoms with E-state index < -0.39 is 10.8 Å². The number of nitrogens with zero attached hydrogens (tertiary/aromatic N) is 3. The first kappa shape index (κ1) is 21.1. The number of fused-ring (bicyclic) bond motifs is 1. The quantitative estimate of drug-likeness (QED) is 0.332. The number of aromatic nitrogens is 1. The lowest BCUT2D eigenvalue weighted by Gasteiger charge is -2.08. The molecule has 2 N–H and O–H groups in total. The molecule has 0 spiro atoms.